The van der Waals surface area contributed by atoms with E-state index in [0.29, 0.717) is 12.2 Å². The molecule has 0 fully saturated rings. The first-order chi connectivity index (χ1) is 7.86. The fourth-order valence-electron chi connectivity index (χ4n) is 1.58. The zero-order valence-electron chi connectivity index (χ0n) is 10.7. The van der Waals surface area contributed by atoms with Crippen LogP contribution in [0.25, 0.3) is 0 Å². The van der Waals surface area contributed by atoms with E-state index in [1.54, 1.807) is 20.0 Å². The molecule has 2 N–H and O–H groups in total. The average molecular weight is 256 g/mol. The van der Waals surface area contributed by atoms with Gasteiger partial charge in [0, 0.05) is 6.54 Å². The molecule has 5 heteroatoms. The number of rotatable bonds is 5. The molecule has 0 aliphatic rings. The highest BCUT2D eigenvalue weighted by Gasteiger charge is 2.20. The fraction of sp³-hybridized carbons (Fsp3) is 0.500. The minimum Gasteiger partial charge on any atom is -0.318 e. The van der Waals surface area contributed by atoms with E-state index >= 15 is 0 Å². The summed E-state index contributed by atoms with van der Waals surface area (Å²) in [6.45, 7) is 5.99. The van der Waals surface area contributed by atoms with Gasteiger partial charge in [-0.15, -0.1) is 0 Å². The Morgan fingerprint density at radius 3 is 2.47 bits per heavy atom. The van der Waals surface area contributed by atoms with Crippen molar-refractivity contribution in [3.63, 3.8) is 0 Å². The average Bonchev–Trinajstić information content (AvgIpc) is 2.22. The second-order valence-corrected chi connectivity index (χ2v) is 6.43. The van der Waals surface area contributed by atoms with Crippen LogP contribution in [0.2, 0.25) is 0 Å². The highest BCUT2D eigenvalue weighted by molar-refractivity contribution is 7.93. The molecule has 1 aromatic rings. The smallest absolute Gasteiger partial charge is 0.236 e. The molecule has 0 aromatic heterocycles. The summed E-state index contributed by atoms with van der Waals surface area (Å²) in [4.78, 5) is 0. The molecule has 1 unspecified atom stereocenters. The molecule has 17 heavy (non-hydrogen) atoms. The van der Waals surface area contributed by atoms with Crippen LogP contribution in [-0.2, 0) is 10.0 Å². The standard InChI is InChI=1S/C12H20N2O2S/c1-9-5-6-12(10(2)7-9)14-17(15,16)11(3)8-13-4/h5-7,11,13-14H,8H2,1-4H3. The summed E-state index contributed by atoms with van der Waals surface area (Å²) in [5, 5.41) is 2.40. The SMILES string of the molecule is CNCC(C)S(=O)(=O)Nc1ccc(C)cc1C. The lowest BCUT2D eigenvalue weighted by Crippen LogP contribution is -2.33. The van der Waals surface area contributed by atoms with Gasteiger partial charge in [-0.25, -0.2) is 8.42 Å². The van der Waals surface area contributed by atoms with Crippen LogP contribution >= 0.6 is 0 Å². The Morgan fingerprint density at radius 1 is 1.29 bits per heavy atom. The van der Waals surface area contributed by atoms with Crippen LogP contribution in [0, 0.1) is 13.8 Å². The number of hydrogen-bond donors (Lipinski definition) is 2. The van der Waals surface area contributed by atoms with Gasteiger partial charge in [-0.3, -0.25) is 4.72 Å². The molecule has 0 aliphatic heterocycles. The molecule has 1 rings (SSSR count). The minimum atomic E-state index is -3.32. The summed E-state index contributed by atoms with van der Waals surface area (Å²) in [7, 11) is -1.58. The lowest BCUT2D eigenvalue weighted by atomic mass is 10.1. The number of sulfonamides is 1. The van der Waals surface area contributed by atoms with Gasteiger partial charge in [0.1, 0.15) is 0 Å². The summed E-state index contributed by atoms with van der Waals surface area (Å²) < 4.78 is 26.6. The van der Waals surface area contributed by atoms with Crippen molar-refractivity contribution in [3.05, 3.63) is 29.3 Å². The number of nitrogens with one attached hydrogen (secondary N) is 2. The number of benzene rings is 1. The van der Waals surface area contributed by atoms with Gasteiger partial charge in [-0.1, -0.05) is 17.7 Å². The molecule has 1 atom stereocenters. The van der Waals surface area contributed by atoms with Gasteiger partial charge in [0.05, 0.1) is 10.9 Å². The summed E-state index contributed by atoms with van der Waals surface area (Å²) in [6, 6.07) is 5.66. The van der Waals surface area contributed by atoms with Crippen molar-refractivity contribution < 1.29 is 8.42 Å². The van der Waals surface area contributed by atoms with Crippen LogP contribution in [0.4, 0.5) is 5.69 Å². The van der Waals surface area contributed by atoms with E-state index in [9.17, 15) is 8.42 Å². The molecule has 0 saturated carbocycles. The maximum absolute atomic E-state index is 12.0. The Kier molecular flexibility index (Phi) is 4.54. The third kappa shape index (κ3) is 3.71. The maximum Gasteiger partial charge on any atom is 0.236 e. The van der Waals surface area contributed by atoms with Crippen molar-refractivity contribution in [2.75, 3.05) is 18.3 Å². The number of hydrogen-bond acceptors (Lipinski definition) is 3. The predicted octanol–water partition coefficient (Wildman–Crippen LogP) is 1.65. The quantitative estimate of drug-likeness (QED) is 0.842. The van der Waals surface area contributed by atoms with Crippen LogP contribution in [0.3, 0.4) is 0 Å². The second-order valence-electron chi connectivity index (χ2n) is 4.33. The third-order valence-corrected chi connectivity index (χ3v) is 4.39. The third-order valence-electron chi connectivity index (χ3n) is 2.66. The van der Waals surface area contributed by atoms with Crippen molar-refractivity contribution in [3.8, 4) is 0 Å². The molecule has 0 bridgehead atoms. The molecule has 0 saturated heterocycles. The van der Waals surface area contributed by atoms with Crippen molar-refractivity contribution in [2.45, 2.75) is 26.0 Å². The van der Waals surface area contributed by atoms with Gasteiger partial charge >= 0.3 is 0 Å². The highest BCUT2D eigenvalue weighted by atomic mass is 32.2. The van der Waals surface area contributed by atoms with Gasteiger partial charge in [-0.05, 0) is 39.4 Å². The molecular weight excluding hydrogens is 236 g/mol. The van der Waals surface area contributed by atoms with Crippen LogP contribution in [0.15, 0.2) is 18.2 Å². The molecule has 0 spiro atoms. The van der Waals surface area contributed by atoms with Gasteiger partial charge in [-0.2, -0.15) is 0 Å². The maximum atomic E-state index is 12.0. The number of anilines is 1. The molecule has 4 nitrogen and oxygen atoms in total. The van der Waals surface area contributed by atoms with E-state index in [2.05, 4.69) is 10.0 Å². The van der Waals surface area contributed by atoms with E-state index in [0.717, 1.165) is 11.1 Å². The van der Waals surface area contributed by atoms with Crippen molar-refractivity contribution >= 4 is 15.7 Å². The van der Waals surface area contributed by atoms with Crippen LogP contribution < -0.4 is 10.0 Å². The van der Waals surface area contributed by atoms with Gasteiger partial charge in [0.2, 0.25) is 10.0 Å². The number of aryl methyl sites for hydroxylation is 2. The molecule has 1 aromatic carbocycles. The van der Waals surface area contributed by atoms with Crippen LogP contribution in [0.5, 0.6) is 0 Å². The van der Waals surface area contributed by atoms with E-state index in [4.69, 9.17) is 0 Å². The molecular formula is C12H20N2O2S. The first-order valence-electron chi connectivity index (χ1n) is 5.60. The Balaban J connectivity index is 2.90. The largest absolute Gasteiger partial charge is 0.318 e. The first kappa shape index (κ1) is 14.0. The van der Waals surface area contributed by atoms with Gasteiger partial charge < -0.3 is 5.32 Å². The lowest BCUT2D eigenvalue weighted by molar-refractivity contribution is 0.583. The van der Waals surface area contributed by atoms with Crippen molar-refractivity contribution in [1.29, 1.82) is 0 Å². The zero-order chi connectivity index (χ0) is 13.1. The predicted molar refractivity (Wildman–Crippen MR) is 71.8 cm³/mol. The topological polar surface area (TPSA) is 58.2 Å². The normalized spacial score (nSPS) is 13.4. The van der Waals surface area contributed by atoms with Crippen LogP contribution in [0.1, 0.15) is 18.1 Å². The zero-order valence-corrected chi connectivity index (χ0v) is 11.6. The minimum absolute atomic E-state index is 0.431. The highest BCUT2D eigenvalue weighted by Crippen LogP contribution is 2.18. The monoisotopic (exact) mass is 256 g/mol. The Labute approximate surface area is 103 Å². The Bertz CT molecular complexity index is 483. The van der Waals surface area contributed by atoms with E-state index in [1.807, 2.05) is 26.0 Å². The van der Waals surface area contributed by atoms with E-state index < -0.39 is 15.3 Å². The summed E-state index contributed by atoms with van der Waals surface area (Å²) in [5.41, 5.74) is 2.71. The molecule has 0 aliphatic carbocycles. The van der Waals surface area contributed by atoms with Crippen molar-refractivity contribution in [2.24, 2.45) is 0 Å². The first-order valence-corrected chi connectivity index (χ1v) is 7.15. The summed E-state index contributed by atoms with van der Waals surface area (Å²) in [5.74, 6) is 0. The molecule has 96 valence electrons. The van der Waals surface area contributed by atoms with Gasteiger partial charge in [0.15, 0.2) is 0 Å². The summed E-state index contributed by atoms with van der Waals surface area (Å²) >= 11 is 0. The van der Waals surface area contributed by atoms with Crippen LogP contribution in [-0.4, -0.2) is 27.3 Å². The fourth-order valence-corrected chi connectivity index (χ4v) is 2.70. The van der Waals surface area contributed by atoms with Gasteiger partial charge in [0.25, 0.3) is 0 Å². The summed E-state index contributed by atoms with van der Waals surface area (Å²) in [6.07, 6.45) is 0. The van der Waals surface area contributed by atoms with E-state index in [-0.39, 0.29) is 0 Å². The Hall–Kier alpha value is -1.07. The Morgan fingerprint density at radius 2 is 1.94 bits per heavy atom. The van der Waals surface area contributed by atoms with Crippen molar-refractivity contribution in [1.82, 2.24) is 5.32 Å². The lowest BCUT2D eigenvalue weighted by Gasteiger charge is -2.16. The second kappa shape index (κ2) is 5.51. The molecule has 0 radical (unpaired) electrons. The molecule has 0 heterocycles. The van der Waals surface area contributed by atoms with E-state index in [1.165, 1.54) is 0 Å². The molecule has 0 amide bonds.